The highest BCUT2D eigenvalue weighted by Crippen LogP contribution is 2.25. The lowest BCUT2D eigenvalue weighted by Crippen LogP contribution is -2.17. The summed E-state index contributed by atoms with van der Waals surface area (Å²) in [5.41, 5.74) is 4.54. The maximum Gasteiger partial charge on any atom is 0.250 e. The summed E-state index contributed by atoms with van der Waals surface area (Å²) in [5.74, 6) is 0.578. The largest absolute Gasteiger partial charge is 0.396 e. The Labute approximate surface area is 146 Å². The molecule has 0 aliphatic heterocycles. The van der Waals surface area contributed by atoms with Crippen molar-refractivity contribution in [1.29, 1.82) is 0 Å². The minimum absolute atomic E-state index is 0.00713. The van der Waals surface area contributed by atoms with Crippen molar-refractivity contribution in [2.45, 2.75) is 13.3 Å². The van der Waals surface area contributed by atoms with Crippen LogP contribution in [0.5, 0.6) is 0 Å². The SMILES string of the molecule is COCC(=O)Nc1cccc(-n2c(CCO)nc3c(C)cccc32)c1. The molecule has 0 saturated carbocycles. The Bertz CT molecular complexity index is 902. The Hall–Kier alpha value is -2.70. The lowest BCUT2D eigenvalue weighted by molar-refractivity contribution is -0.119. The number of aromatic nitrogens is 2. The summed E-state index contributed by atoms with van der Waals surface area (Å²) < 4.78 is 6.86. The van der Waals surface area contributed by atoms with Crippen LogP contribution in [0, 0.1) is 6.92 Å². The first-order valence-electron chi connectivity index (χ1n) is 8.11. The Morgan fingerprint density at radius 3 is 2.84 bits per heavy atom. The average molecular weight is 339 g/mol. The number of ether oxygens (including phenoxy) is 1. The molecule has 6 nitrogen and oxygen atoms in total. The molecular weight excluding hydrogens is 318 g/mol. The highest BCUT2D eigenvalue weighted by molar-refractivity contribution is 5.92. The topological polar surface area (TPSA) is 76.4 Å². The molecule has 1 amide bonds. The lowest BCUT2D eigenvalue weighted by atomic mass is 10.2. The summed E-state index contributed by atoms with van der Waals surface area (Å²) in [6.07, 6.45) is 0.453. The first-order valence-corrected chi connectivity index (χ1v) is 8.11. The Kier molecular flexibility index (Phi) is 5.11. The molecule has 6 heteroatoms. The summed E-state index contributed by atoms with van der Waals surface area (Å²) in [4.78, 5) is 16.4. The fourth-order valence-corrected chi connectivity index (χ4v) is 2.89. The molecule has 25 heavy (non-hydrogen) atoms. The van der Waals surface area contributed by atoms with E-state index in [2.05, 4.69) is 5.32 Å². The molecule has 1 heterocycles. The maximum absolute atomic E-state index is 11.7. The number of nitrogens with zero attached hydrogens (tertiary/aromatic N) is 2. The van der Waals surface area contributed by atoms with Crippen LogP contribution in [-0.2, 0) is 16.0 Å². The van der Waals surface area contributed by atoms with Gasteiger partial charge in [-0.1, -0.05) is 18.2 Å². The van der Waals surface area contributed by atoms with Gasteiger partial charge in [-0.3, -0.25) is 9.36 Å². The molecule has 0 unspecified atom stereocenters. The number of rotatable bonds is 6. The lowest BCUT2D eigenvalue weighted by Gasteiger charge is -2.11. The number of imidazole rings is 1. The molecule has 0 spiro atoms. The highest BCUT2D eigenvalue weighted by Gasteiger charge is 2.14. The molecule has 0 aliphatic rings. The van der Waals surface area contributed by atoms with Crippen molar-refractivity contribution >= 4 is 22.6 Å². The summed E-state index contributed by atoms with van der Waals surface area (Å²) in [6.45, 7) is 2.05. The summed E-state index contributed by atoms with van der Waals surface area (Å²) in [7, 11) is 1.48. The fourth-order valence-electron chi connectivity index (χ4n) is 2.89. The number of aliphatic hydroxyl groups is 1. The molecule has 3 rings (SSSR count). The van der Waals surface area contributed by atoms with Gasteiger partial charge in [0.1, 0.15) is 12.4 Å². The van der Waals surface area contributed by atoms with Gasteiger partial charge in [-0.25, -0.2) is 4.98 Å². The molecule has 1 aromatic heterocycles. The first-order chi connectivity index (χ1) is 12.1. The summed E-state index contributed by atoms with van der Waals surface area (Å²) in [6, 6.07) is 13.6. The Morgan fingerprint density at radius 1 is 1.28 bits per heavy atom. The number of methoxy groups -OCH3 is 1. The molecule has 0 bridgehead atoms. The van der Waals surface area contributed by atoms with Crippen molar-refractivity contribution in [2.24, 2.45) is 0 Å². The van der Waals surface area contributed by atoms with Crippen molar-refractivity contribution < 1.29 is 14.6 Å². The standard InChI is InChI=1S/C19H21N3O3/c1-13-5-3-8-16-19(13)21-17(9-10-23)22(16)15-7-4-6-14(11-15)20-18(24)12-25-2/h3-8,11,23H,9-10,12H2,1-2H3,(H,20,24). The third-order valence-corrected chi connectivity index (χ3v) is 3.96. The van der Waals surface area contributed by atoms with E-state index in [1.807, 2.05) is 54.0 Å². The number of hydrogen-bond acceptors (Lipinski definition) is 4. The van der Waals surface area contributed by atoms with Gasteiger partial charge in [0.25, 0.3) is 0 Å². The number of para-hydroxylation sites is 1. The molecular formula is C19H21N3O3. The van der Waals surface area contributed by atoms with Crippen molar-refractivity contribution in [2.75, 3.05) is 25.6 Å². The maximum atomic E-state index is 11.7. The third kappa shape index (κ3) is 3.55. The first kappa shape index (κ1) is 17.1. The van der Waals surface area contributed by atoms with E-state index in [1.165, 1.54) is 7.11 Å². The number of benzene rings is 2. The monoisotopic (exact) mass is 339 g/mol. The molecule has 0 saturated heterocycles. The summed E-state index contributed by atoms with van der Waals surface area (Å²) in [5, 5.41) is 12.2. The Morgan fingerprint density at radius 2 is 2.08 bits per heavy atom. The predicted octanol–water partition coefficient (Wildman–Crippen LogP) is 2.45. The summed E-state index contributed by atoms with van der Waals surface area (Å²) >= 11 is 0. The number of fused-ring (bicyclic) bond motifs is 1. The minimum Gasteiger partial charge on any atom is -0.396 e. The average Bonchev–Trinajstić information content (AvgIpc) is 2.95. The zero-order valence-electron chi connectivity index (χ0n) is 14.3. The Balaban J connectivity index is 2.08. The van der Waals surface area contributed by atoms with E-state index in [-0.39, 0.29) is 19.1 Å². The number of aliphatic hydroxyl groups excluding tert-OH is 1. The molecule has 2 N–H and O–H groups in total. The van der Waals surface area contributed by atoms with Crippen LogP contribution >= 0.6 is 0 Å². The third-order valence-electron chi connectivity index (χ3n) is 3.96. The van der Waals surface area contributed by atoms with Gasteiger partial charge in [0.15, 0.2) is 0 Å². The van der Waals surface area contributed by atoms with Crippen LogP contribution in [0.25, 0.3) is 16.7 Å². The number of aryl methyl sites for hydroxylation is 1. The van der Waals surface area contributed by atoms with Gasteiger partial charge in [0, 0.05) is 24.9 Å². The second kappa shape index (κ2) is 7.46. The number of anilines is 1. The number of carbonyl (C=O) groups is 1. The van der Waals surface area contributed by atoms with Crippen molar-refractivity contribution in [3.8, 4) is 5.69 Å². The van der Waals surface area contributed by atoms with Gasteiger partial charge in [0.05, 0.1) is 17.6 Å². The van der Waals surface area contributed by atoms with E-state index >= 15 is 0 Å². The van der Waals surface area contributed by atoms with Crippen LogP contribution in [0.1, 0.15) is 11.4 Å². The fraction of sp³-hybridized carbons (Fsp3) is 0.263. The van der Waals surface area contributed by atoms with E-state index < -0.39 is 0 Å². The molecule has 3 aromatic rings. The second-order valence-electron chi connectivity index (χ2n) is 5.81. The molecule has 130 valence electrons. The van der Waals surface area contributed by atoms with Gasteiger partial charge < -0.3 is 15.2 Å². The van der Waals surface area contributed by atoms with Crippen LogP contribution in [0.15, 0.2) is 42.5 Å². The van der Waals surface area contributed by atoms with Crippen LogP contribution in [0.3, 0.4) is 0 Å². The van der Waals surface area contributed by atoms with Gasteiger partial charge in [-0.2, -0.15) is 0 Å². The van der Waals surface area contributed by atoms with Gasteiger partial charge in [-0.05, 0) is 36.8 Å². The number of amides is 1. The van der Waals surface area contributed by atoms with E-state index in [0.717, 1.165) is 28.1 Å². The number of carbonyl (C=O) groups excluding carboxylic acids is 1. The normalized spacial score (nSPS) is 11.0. The van der Waals surface area contributed by atoms with Crippen LogP contribution in [-0.4, -0.2) is 40.9 Å². The zero-order valence-corrected chi connectivity index (χ0v) is 14.3. The highest BCUT2D eigenvalue weighted by atomic mass is 16.5. The zero-order chi connectivity index (χ0) is 17.8. The molecule has 0 radical (unpaired) electrons. The molecule has 0 aliphatic carbocycles. The molecule has 0 fully saturated rings. The van der Waals surface area contributed by atoms with E-state index in [0.29, 0.717) is 12.1 Å². The van der Waals surface area contributed by atoms with Gasteiger partial charge in [0.2, 0.25) is 5.91 Å². The predicted molar refractivity (Wildman–Crippen MR) is 97.1 cm³/mol. The second-order valence-corrected chi connectivity index (χ2v) is 5.81. The van der Waals surface area contributed by atoms with Crippen LogP contribution in [0.4, 0.5) is 5.69 Å². The number of hydrogen-bond donors (Lipinski definition) is 2. The van der Waals surface area contributed by atoms with Gasteiger partial charge >= 0.3 is 0 Å². The number of nitrogens with one attached hydrogen (secondary N) is 1. The molecule has 2 aromatic carbocycles. The quantitative estimate of drug-likeness (QED) is 0.723. The van der Waals surface area contributed by atoms with Crippen molar-refractivity contribution in [3.63, 3.8) is 0 Å². The minimum atomic E-state index is -0.207. The van der Waals surface area contributed by atoms with E-state index in [4.69, 9.17) is 9.72 Å². The molecule has 0 atom stereocenters. The van der Waals surface area contributed by atoms with Crippen molar-refractivity contribution in [3.05, 3.63) is 53.9 Å². The van der Waals surface area contributed by atoms with Gasteiger partial charge in [-0.15, -0.1) is 0 Å². The van der Waals surface area contributed by atoms with Crippen LogP contribution in [0.2, 0.25) is 0 Å². The smallest absolute Gasteiger partial charge is 0.250 e. The van der Waals surface area contributed by atoms with Crippen molar-refractivity contribution in [1.82, 2.24) is 9.55 Å². The van der Waals surface area contributed by atoms with Crippen LogP contribution < -0.4 is 5.32 Å². The van der Waals surface area contributed by atoms with E-state index in [9.17, 15) is 9.90 Å². The van der Waals surface area contributed by atoms with E-state index in [1.54, 1.807) is 0 Å².